The summed E-state index contributed by atoms with van der Waals surface area (Å²) in [6.45, 7) is 6.78. The van der Waals surface area contributed by atoms with Crippen molar-refractivity contribution in [2.45, 2.75) is 38.8 Å². The van der Waals surface area contributed by atoms with Crippen LogP contribution in [0.2, 0.25) is 0 Å². The van der Waals surface area contributed by atoms with Crippen molar-refractivity contribution < 1.29 is 14.3 Å². The predicted molar refractivity (Wildman–Crippen MR) is 111 cm³/mol. The highest BCUT2D eigenvalue weighted by Gasteiger charge is 2.61. The molecule has 7 heteroatoms. The van der Waals surface area contributed by atoms with Crippen LogP contribution in [0.3, 0.4) is 0 Å². The summed E-state index contributed by atoms with van der Waals surface area (Å²) in [7, 11) is 1.64. The topological polar surface area (TPSA) is 74.2 Å². The van der Waals surface area contributed by atoms with E-state index in [1.165, 1.54) is 5.56 Å². The lowest BCUT2D eigenvalue weighted by Gasteiger charge is -2.28. The van der Waals surface area contributed by atoms with Crippen LogP contribution < -0.4 is 5.32 Å². The van der Waals surface area contributed by atoms with Gasteiger partial charge in [0.1, 0.15) is 11.4 Å². The van der Waals surface area contributed by atoms with E-state index in [9.17, 15) is 9.59 Å². The molecule has 2 heterocycles. The number of aliphatic imine (C=N–C) groups is 1. The number of nitrogens with zero attached hydrogens (tertiary/aromatic N) is 3. The van der Waals surface area contributed by atoms with Gasteiger partial charge in [-0.05, 0) is 43.7 Å². The second-order valence-electron chi connectivity index (χ2n) is 8.43. The number of hydrogen-bond donors (Lipinski definition) is 1. The number of nitrogens with one attached hydrogen (secondary N) is 1. The van der Waals surface area contributed by atoms with Crippen molar-refractivity contribution in [3.05, 3.63) is 35.4 Å². The molecule has 1 N–H and O–H groups in total. The molecular weight excluding hydrogens is 368 g/mol. The fraction of sp³-hybridized carbons (Fsp3) is 0.591. The van der Waals surface area contributed by atoms with Crippen molar-refractivity contribution in [3.8, 4) is 0 Å². The van der Waals surface area contributed by atoms with E-state index in [4.69, 9.17) is 9.73 Å². The molecule has 0 radical (unpaired) electrons. The van der Waals surface area contributed by atoms with Gasteiger partial charge in [0.25, 0.3) is 5.91 Å². The summed E-state index contributed by atoms with van der Waals surface area (Å²) in [6, 6.07) is 8.01. The number of urea groups is 1. The molecule has 0 unspecified atom stereocenters. The molecule has 7 nitrogen and oxygen atoms in total. The lowest BCUT2D eigenvalue weighted by atomic mass is 9.85. The molecule has 2 aliphatic heterocycles. The number of ether oxygens (including phenoxy) is 1. The number of fused-ring (bicyclic) bond motifs is 2. The number of carbonyl (C=O) groups excluding carboxylic acids is 2. The largest absolute Gasteiger partial charge is 0.383 e. The second-order valence-corrected chi connectivity index (χ2v) is 8.43. The average molecular weight is 399 g/mol. The summed E-state index contributed by atoms with van der Waals surface area (Å²) in [4.78, 5) is 34.5. The first-order valence-corrected chi connectivity index (χ1v) is 10.4. The summed E-state index contributed by atoms with van der Waals surface area (Å²) in [5.41, 5.74) is 1.60. The maximum Gasteiger partial charge on any atom is 0.317 e. The Morgan fingerprint density at radius 2 is 2.10 bits per heavy atom. The van der Waals surface area contributed by atoms with Gasteiger partial charge in [0.05, 0.1) is 13.2 Å². The van der Waals surface area contributed by atoms with Crippen LogP contribution in [0.25, 0.3) is 0 Å². The second kappa shape index (κ2) is 7.78. The molecule has 29 heavy (non-hydrogen) atoms. The molecule has 1 spiro atoms. The van der Waals surface area contributed by atoms with E-state index >= 15 is 0 Å². The van der Waals surface area contributed by atoms with Gasteiger partial charge in [-0.25, -0.2) is 4.79 Å². The van der Waals surface area contributed by atoms with Crippen molar-refractivity contribution in [1.82, 2.24) is 15.1 Å². The van der Waals surface area contributed by atoms with E-state index in [0.29, 0.717) is 38.7 Å². The van der Waals surface area contributed by atoms with Crippen LogP contribution in [0.5, 0.6) is 0 Å². The predicted octanol–water partition coefficient (Wildman–Crippen LogP) is 2.19. The Kier molecular flexibility index (Phi) is 5.34. The van der Waals surface area contributed by atoms with Gasteiger partial charge in [-0.15, -0.1) is 0 Å². The normalized spacial score (nSPS) is 28.2. The van der Waals surface area contributed by atoms with Crippen LogP contribution in [0.1, 0.15) is 30.9 Å². The third-order valence-electron chi connectivity index (χ3n) is 6.82. The Labute approximate surface area is 172 Å². The first-order chi connectivity index (χ1) is 14.0. The molecule has 1 aromatic rings. The van der Waals surface area contributed by atoms with Crippen LogP contribution in [0.4, 0.5) is 4.79 Å². The minimum atomic E-state index is -0.687. The summed E-state index contributed by atoms with van der Waals surface area (Å²) in [5, 5.41) is 3.05. The van der Waals surface area contributed by atoms with Gasteiger partial charge in [-0.3, -0.25) is 14.7 Å². The fourth-order valence-electron chi connectivity index (χ4n) is 5.18. The molecule has 3 amide bonds. The highest BCUT2D eigenvalue weighted by Crippen LogP contribution is 2.50. The maximum atomic E-state index is 13.2. The smallest absolute Gasteiger partial charge is 0.317 e. The van der Waals surface area contributed by atoms with Crippen LogP contribution in [0, 0.1) is 18.8 Å². The standard InChI is InChI=1S/C22H30N4O3/c1-15-6-4-5-7-17(15)12-23-21(28)25-13-18-8-9-22(19(18)14-25)20(27)26(10-11-29-3)16(2)24-22/h4-7,18-19H,8-14H2,1-3H3,(H,23,28)/t18-,19+,22-/m1/s1. The van der Waals surface area contributed by atoms with Crippen molar-refractivity contribution >= 4 is 17.8 Å². The molecule has 3 atom stereocenters. The number of amidine groups is 1. The average Bonchev–Trinajstić information content (AvgIpc) is 3.34. The number of rotatable bonds is 5. The third kappa shape index (κ3) is 3.41. The quantitative estimate of drug-likeness (QED) is 0.826. The zero-order valence-corrected chi connectivity index (χ0v) is 17.5. The van der Waals surface area contributed by atoms with Gasteiger partial charge in [-0.2, -0.15) is 0 Å². The Bertz CT molecular complexity index is 839. The van der Waals surface area contributed by atoms with Crippen LogP contribution in [-0.2, 0) is 16.1 Å². The van der Waals surface area contributed by atoms with E-state index in [1.807, 2.05) is 43.0 Å². The summed E-state index contributed by atoms with van der Waals surface area (Å²) in [5.74, 6) is 1.29. The van der Waals surface area contributed by atoms with Crippen molar-refractivity contribution in [1.29, 1.82) is 0 Å². The number of amides is 3. The lowest BCUT2D eigenvalue weighted by Crippen LogP contribution is -2.48. The molecule has 1 aromatic carbocycles. The Hall–Kier alpha value is -2.41. The van der Waals surface area contributed by atoms with Crippen molar-refractivity contribution in [2.24, 2.45) is 16.8 Å². The van der Waals surface area contributed by atoms with E-state index in [-0.39, 0.29) is 17.9 Å². The number of hydrogen-bond acceptors (Lipinski definition) is 4. The molecule has 4 rings (SSSR count). The first-order valence-electron chi connectivity index (χ1n) is 10.4. The van der Waals surface area contributed by atoms with Gasteiger partial charge in [0.15, 0.2) is 0 Å². The molecule has 3 aliphatic rings. The van der Waals surface area contributed by atoms with Gasteiger partial charge < -0.3 is 15.0 Å². The van der Waals surface area contributed by atoms with Crippen LogP contribution in [0.15, 0.2) is 29.3 Å². The van der Waals surface area contributed by atoms with Crippen molar-refractivity contribution in [3.63, 3.8) is 0 Å². The monoisotopic (exact) mass is 398 g/mol. The lowest BCUT2D eigenvalue weighted by molar-refractivity contribution is -0.132. The van der Waals surface area contributed by atoms with Gasteiger partial charge in [0, 0.05) is 32.7 Å². The molecule has 2 fully saturated rings. The molecule has 1 saturated carbocycles. The molecule has 0 bridgehead atoms. The molecule has 156 valence electrons. The third-order valence-corrected chi connectivity index (χ3v) is 6.82. The Balaban J connectivity index is 1.42. The highest BCUT2D eigenvalue weighted by molar-refractivity contribution is 6.07. The minimum Gasteiger partial charge on any atom is -0.383 e. The summed E-state index contributed by atoms with van der Waals surface area (Å²) >= 11 is 0. The number of methoxy groups -OCH3 is 1. The number of aryl methyl sites for hydroxylation is 1. The van der Waals surface area contributed by atoms with Crippen LogP contribution in [-0.4, -0.2) is 66.5 Å². The van der Waals surface area contributed by atoms with E-state index in [2.05, 4.69) is 5.32 Å². The van der Waals surface area contributed by atoms with E-state index in [0.717, 1.165) is 24.2 Å². The SMILES string of the molecule is COCCN1C(=O)[C@]2(CC[C@@H]3CN(C(=O)NCc4ccccc4C)C[C@@H]32)N=C1C. The molecule has 1 saturated heterocycles. The minimum absolute atomic E-state index is 0.0554. The number of benzene rings is 1. The molecule has 1 aliphatic carbocycles. The van der Waals surface area contributed by atoms with Gasteiger partial charge in [-0.1, -0.05) is 24.3 Å². The van der Waals surface area contributed by atoms with Gasteiger partial charge >= 0.3 is 6.03 Å². The fourth-order valence-corrected chi connectivity index (χ4v) is 5.18. The first kappa shape index (κ1) is 19.9. The van der Waals surface area contributed by atoms with Crippen molar-refractivity contribution in [2.75, 3.05) is 33.4 Å². The van der Waals surface area contributed by atoms with Gasteiger partial charge in [0.2, 0.25) is 0 Å². The highest BCUT2D eigenvalue weighted by atomic mass is 16.5. The summed E-state index contributed by atoms with van der Waals surface area (Å²) < 4.78 is 5.15. The molecule has 0 aromatic heterocycles. The Morgan fingerprint density at radius 3 is 2.86 bits per heavy atom. The van der Waals surface area contributed by atoms with E-state index in [1.54, 1.807) is 12.0 Å². The maximum absolute atomic E-state index is 13.2. The zero-order valence-electron chi connectivity index (χ0n) is 17.5. The number of likely N-dealkylation sites (tertiary alicyclic amines) is 1. The van der Waals surface area contributed by atoms with Crippen LogP contribution >= 0.6 is 0 Å². The zero-order chi connectivity index (χ0) is 20.6. The van der Waals surface area contributed by atoms with E-state index < -0.39 is 5.54 Å². The Morgan fingerprint density at radius 1 is 1.31 bits per heavy atom. The molecular formula is C22H30N4O3. The summed E-state index contributed by atoms with van der Waals surface area (Å²) in [6.07, 6.45) is 1.72. The number of carbonyl (C=O) groups is 2.